The van der Waals surface area contributed by atoms with E-state index in [9.17, 15) is 4.79 Å². The summed E-state index contributed by atoms with van der Waals surface area (Å²) in [6.45, 7) is 9.36. The second-order valence-electron chi connectivity index (χ2n) is 6.48. The number of amides is 1. The first-order valence-corrected chi connectivity index (χ1v) is 9.13. The fourth-order valence-corrected chi connectivity index (χ4v) is 3.20. The first kappa shape index (κ1) is 18.7. The Hall–Kier alpha value is -3.08. The minimum absolute atomic E-state index is 0.170. The minimum atomic E-state index is -0.170. The Morgan fingerprint density at radius 2 is 1.93 bits per heavy atom. The van der Waals surface area contributed by atoms with E-state index >= 15 is 0 Å². The van der Waals surface area contributed by atoms with Crippen LogP contribution < -0.4 is 10.1 Å². The Morgan fingerprint density at radius 1 is 1.19 bits per heavy atom. The number of para-hydroxylation sites is 3. The van der Waals surface area contributed by atoms with Crippen LogP contribution in [0.1, 0.15) is 17.0 Å². The van der Waals surface area contributed by atoms with E-state index in [1.807, 2.05) is 24.3 Å². The third-order valence-electron chi connectivity index (χ3n) is 4.54. The number of rotatable bonds is 8. The van der Waals surface area contributed by atoms with Gasteiger partial charge in [-0.1, -0.05) is 36.9 Å². The van der Waals surface area contributed by atoms with Gasteiger partial charge in [0.2, 0.25) is 5.91 Å². The lowest BCUT2D eigenvalue weighted by atomic mass is 10.1. The van der Waals surface area contributed by atoms with Gasteiger partial charge >= 0.3 is 0 Å². The molecule has 0 aliphatic carbocycles. The highest BCUT2D eigenvalue weighted by Gasteiger charge is 2.11. The van der Waals surface area contributed by atoms with Crippen molar-refractivity contribution in [3.8, 4) is 5.75 Å². The van der Waals surface area contributed by atoms with Gasteiger partial charge in [-0.05, 0) is 43.2 Å². The molecule has 0 saturated heterocycles. The van der Waals surface area contributed by atoms with E-state index in [-0.39, 0.29) is 5.91 Å². The van der Waals surface area contributed by atoms with Crippen LogP contribution in [0.3, 0.4) is 0 Å². The second kappa shape index (κ2) is 8.54. The SMILES string of the molecule is C=CC(=O)NCCc1nc2ccccc2n1CCOc1c(C)cccc1C. The summed E-state index contributed by atoms with van der Waals surface area (Å²) in [4.78, 5) is 16.1. The van der Waals surface area contributed by atoms with Gasteiger partial charge in [0.25, 0.3) is 0 Å². The molecule has 0 atom stereocenters. The summed E-state index contributed by atoms with van der Waals surface area (Å²) < 4.78 is 8.24. The van der Waals surface area contributed by atoms with Gasteiger partial charge < -0.3 is 14.6 Å². The highest BCUT2D eigenvalue weighted by atomic mass is 16.5. The zero-order valence-electron chi connectivity index (χ0n) is 15.9. The Balaban J connectivity index is 1.74. The summed E-state index contributed by atoms with van der Waals surface area (Å²) in [6.07, 6.45) is 1.93. The van der Waals surface area contributed by atoms with Crippen molar-refractivity contribution in [2.75, 3.05) is 13.2 Å². The number of hydrogen-bond acceptors (Lipinski definition) is 3. The quantitative estimate of drug-likeness (QED) is 0.623. The molecule has 2 aromatic carbocycles. The van der Waals surface area contributed by atoms with Gasteiger partial charge in [0.1, 0.15) is 18.2 Å². The van der Waals surface area contributed by atoms with Crippen molar-refractivity contribution in [2.45, 2.75) is 26.8 Å². The number of aryl methyl sites for hydroxylation is 2. The predicted octanol–water partition coefficient (Wildman–Crippen LogP) is 3.58. The average molecular weight is 363 g/mol. The number of nitrogens with one attached hydrogen (secondary N) is 1. The number of carbonyl (C=O) groups is 1. The summed E-state index contributed by atoms with van der Waals surface area (Å²) >= 11 is 0. The minimum Gasteiger partial charge on any atom is -0.491 e. The number of carbonyl (C=O) groups excluding carboxylic acids is 1. The van der Waals surface area contributed by atoms with E-state index in [0.29, 0.717) is 26.1 Å². The van der Waals surface area contributed by atoms with Crippen LogP contribution in [0.5, 0.6) is 5.75 Å². The highest BCUT2D eigenvalue weighted by molar-refractivity contribution is 5.86. The molecule has 3 aromatic rings. The maximum atomic E-state index is 11.4. The molecule has 0 aliphatic rings. The summed E-state index contributed by atoms with van der Waals surface area (Å²) in [6, 6.07) is 14.2. The van der Waals surface area contributed by atoms with Crippen LogP contribution in [0, 0.1) is 13.8 Å². The number of nitrogens with zero attached hydrogens (tertiary/aromatic N) is 2. The lowest BCUT2D eigenvalue weighted by Crippen LogP contribution is -2.24. The fraction of sp³-hybridized carbons (Fsp3) is 0.273. The van der Waals surface area contributed by atoms with Crippen molar-refractivity contribution in [3.05, 3.63) is 72.1 Å². The van der Waals surface area contributed by atoms with Crippen molar-refractivity contribution in [1.29, 1.82) is 0 Å². The zero-order valence-corrected chi connectivity index (χ0v) is 15.9. The Morgan fingerprint density at radius 3 is 2.67 bits per heavy atom. The van der Waals surface area contributed by atoms with Gasteiger partial charge in [0.15, 0.2) is 0 Å². The summed E-state index contributed by atoms with van der Waals surface area (Å²) in [5.74, 6) is 1.71. The number of benzene rings is 2. The maximum absolute atomic E-state index is 11.4. The molecule has 0 bridgehead atoms. The second-order valence-corrected chi connectivity index (χ2v) is 6.48. The van der Waals surface area contributed by atoms with E-state index < -0.39 is 0 Å². The number of aromatic nitrogens is 2. The van der Waals surface area contributed by atoms with Crippen LogP contribution >= 0.6 is 0 Å². The third-order valence-corrected chi connectivity index (χ3v) is 4.54. The largest absolute Gasteiger partial charge is 0.491 e. The molecule has 140 valence electrons. The van der Waals surface area contributed by atoms with Gasteiger partial charge in [-0.25, -0.2) is 4.98 Å². The van der Waals surface area contributed by atoms with Gasteiger partial charge in [0, 0.05) is 13.0 Å². The molecule has 1 heterocycles. The molecule has 1 N–H and O–H groups in total. The van der Waals surface area contributed by atoms with E-state index in [1.165, 1.54) is 6.08 Å². The zero-order chi connectivity index (χ0) is 19.2. The van der Waals surface area contributed by atoms with Crippen LogP contribution in [0.15, 0.2) is 55.1 Å². The molecule has 0 fully saturated rings. The number of imidazole rings is 1. The van der Waals surface area contributed by atoms with Crippen LogP contribution in [0.2, 0.25) is 0 Å². The number of hydrogen-bond donors (Lipinski definition) is 1. The molecule has 0 spiro atoms. The lowest BCUT2D eigenvalue weighted by Gasteiger charge is -2.14. The highest BCUT2D eigenvalue weighted by Crippen LogP contribution is 2.23. The molecule has 27 heavy (non-hydrogen) atoms. The van der Waals surface area contributed by atoms with Gasteiger partial charge in [-0.3, -0.25) is 4.79 Å². The van der Waals surface area contributed by atoms with Crippen molar-refractivity contribution in [1.82, 2.24) is 14.9 Å². The third kappa shape index (κ3) is 4.37. The van der Waals surface area contributed by atoms with Crippen LogP contribution in [0.4, 0.5) is 0 Å². The van der Waals surface area contributed by atoms with Crippen molar-refractivity contribution in [3.63, 3.8) is 0 Å². The fourth-order valence-electron chi connectivity index (χ4n) is 3.20. The molecule has 0 aliphatic heterocycles. The number of ether oxygens (including phenoxy) is 1. The van der Waals surface area contributed by atoms with Gasteiger partial charge in [-0.15, -0.1) is 0 Å². The molecular weight excluding hydrogens is 338 g/mol. The van der Waals surface area contributed by atoms with Gasteiger partial charge in [0.05, 0.1) is 17.6 Å². The molecule has 1 amide bonds. The summed E-state index contributed by atoms with van der Waals surface area (Å²) in [5.41, 5.74) is 4.30. The Bertz CT molecular complexity index is 939. The molecule has 1 aromatic heterocycles. The Labute approximate surface area is 159 Å². The summed E-state index contributed by atoms with van der Waals surface area (Å²) in [7, 11) is 0. The molecule has 3 rings (SSSR count). The standard InChI is InChI=1S/C22H25N3O2/c1-4-21(26)23-13-12-20-24-18-10-5-6-11-19(18)25(20)14-15-27-22-16(2)8-7-9-17(22)3/h4-11H,1,12-15H2,2-3H3,(H,23,26). The molecule has 5 heteroatoms. The van der Waals surface area contributed by atoms with E-state index in [2.05, 4.69) is 48.5 Å². The maximum Gasteiger partial charge on any atom is 0.243 e. The van der Waals surface area contributed by atoms with E-state index in [0.717, 1.165) is 33.7 Å². The smallest absolute Gasteiger partial charge is 0.243 e. The van der Waals surface area contributed by atoms with E-state index in [1.54, 1.807) is 0 Å². The van der Waals surface area contributed by atoms with E-state index in [4.69, 9.17) is 9.72 Å². The lowest BCUT2D eigenvalue weighted by molar-refractivity contribution is -0.116. The molecule has 0 radical (unpaired) electrons. The predicted molar refractivity (Wildman–Crippen MR) is 108 cm³/mol. The molecule has 0 saturated carbocycles. The Kier molecular flexibility index (Phi) is 5.91. The van der Waals surface area contributed by atoms with Crippen LogP contribution in [-0.4, -0.2) is 28.6 Å². The monoisotopic (exact) mass is 363 g/mol. The normalized spacial score (nSPS) is 10.7. The topological polar surface area (TPSA) is 56.2 Å². The van der Waals surface area contributed by atoms with Crippen LogP contribution in [-0.2, 0) is 17.8 Å². The average Bonchev–Trinajstić information content (AvgIpc) is 3.01. The van der Waals surface area contributed by atoms with Crippen molar-refractivity contribution in [2.24, 2.45) is 0 Å². The number of fused-ring (bicyclic) bond motifs is 1. The first-order chi connectivity index (χ1) is 13.1. The molecule has 5 nitrogen and oxygen atoms in total. The van der Waals surface area contributed by atoms with Crippen LogP contribution in [0.25, 0.3) is 11.0 Å². The summed E-state index contributed by atoms with van der Waals surface area (Å²) in [5, 5.41) is 2.81. The van der Waals surface area contributed by atoms with Gasteiger partial charge in [-0.2, -0.15) is 0 Å². The van der Waals surface area contributed by atoms with Crippen molar-refractivity contribution >= 4 is 16.9 Å². The van der Waals surface area contributed by atoms with Crippen molar-refractivity contribution < 1.29 is 9.53 Å². The molecular formula is C22H25N3O2. The first-order valence-electron chi connectivity index (χ1n) is 9.13. The molecule has 0 unspecified atom stereocenters.